The fraction of sp³-hybridized carbons (Fsp3) is 0.214. The maximum absolute atomic E-state index is 6.03. The van der Waals surface area contributed by atoms with Crippen molar-refractivity contribution in [2.45, 2.75) is 19.0 Å². The van der Waals surface area contributed by atoms with Gasteiger partial charge in [-0.15, -0.1) is 11.6 Å². The summed E-state index contributed by atoms with van der Waals surface area (Å²) in [5.74, 6) is 0.546. The summed E-state index contributed by atoms with van der Waals surface area (Å²) in [4.78, 5) is 3.96. The summed E-state index contributed by atoms with van der Waals surface area (Å²) in [6.07, 6.45) is 3.41. The molecule has 0 fully saturated rings. The van der Waals surface area contributed by atoms with Crippen molar-refractivity contribution in [3.8, 4) is 0 Å². The topological polar surface area (TPSA) is 24.9 Å². The Morgan fingerprint density at radius 1 is 1.11 bits per heavy atom. The number of halogens is 2. The summed E-state index contributed by atoms with van der Waals surface area (Å²) >= 11 is 11.8. The van der Waals surface area contributed by atoms with Crippen molar-refractivity contribution >= 4 is 23.2 Å². The maximum Gasteiger partial charge on any atom is 0.0634 e. The number of pyridine rings is 1. The zero-order chi connectivity index (χ0) is 12.8. The molecule has 0 spiro atoms. The van der Waals surface area contributed by atoms with Gasteiger partial charge in [-0.2, -0.15) is 0 Å². The van der Waals surface area contributed by atoms with E-state index >= 15 is 0 Å². The van der Waals surface area contributed by atoms with Crippen LogP contribution in [-0.2, 0) is 19.0 Å². The van der Waals surface area contributed by atoms with Gasteiger partial charge in [0.15, 0.2) is 0 Å². The zero-order valence-corrected chi connectivity index (χ0v) is 11.4. The fourth-order valence-corrected chi connectivity index (χ4v) is 2.06. The third-order valence-corrected chi connectivity index (χ3v) is 3.30. The normalized spacial score (nSPS) is 10.6. The van der Waals surface area contributed by atoms with Gasteiger partial charge in [-0.1, -0.05) is 35.9 Å². The second-order valence-corrected chi connectivity index (χ2v) is 4.70. The predicted octanol–water partition coefficient (Wildman–Crippen LogP) is 3.76. The Morgan fingerprint density at radius 3 is 2.72 bits per heavy atom. The lowest BCUT2D eigenvalue weighted by atomic mass is 10.1. The molecule has 4 heteroatoms. The number of benzene rings is 1. The van der Waals surface area contributed by atoms with E-state index in [0.717, 1.165) is 24.2 Å². The third kappa shape index (κ3) is 3.70. The Morgan fingerprint density at radius 2 is 1.94 bits per heavy atom. The van der Waals surface area contributed by atoms with Crippen LogP contribution in [0.1, 0.15) is 16.7 Å². The van der Waals surface area contributed by atoms with Gasteiger partial charge in [0.25, 0.3) is 0 Å². The molecule has 0 bridgehead atoms. The molecule has 0 unspecified atom stereocenters. The molecule has 1 N–H and O–H groups in total. The van der Waals surface area contributed by atoms with E-state index in [1.54, 1.807) is 12.4 Å². The first-order valence-electron chi connectivity index (χ1n) is 5.72. The Kier molecular flexibility index (Phi) is 5.00. The van der Waals surface area contributed by atoms with Gasteiger partial charge in [0, 0.05) is 31.4 Å². The van der Waals surface area contributed by atoms with Crippen molar-refractivity contribution in [3.63, 3.8) is 0 Å². The summed E-state index contributed by atoms with van der Waals surface area (Å²) < 4.78 is 0. The number of rotatable bonds is 5. The maximum atomic E-state index is 6.03. The van der Waals surface area contributed by atoms with E-state index in [9.17, 15) is 0 Å². The minimum absolute atomic E-state index is 0.546. The molecule has 0 saturated carbocycles. The van der Waals surface area contributed by atoms with Gasteiger partial charge in [-0.05, 0) is 22.8 Å². The standard InChI is InChI=1S/C14H14Cl2N2/c15-7-11-2-1-3-12(6-11)8-18-9-13-4-5-17-10-14(13)16/h1-6,10,18H,7-9H2. The average Bonchev–Trinajstić information content (AvgIpc) is 2.41. The highest BCUT2D eigenvalue weighted by atomic mass is 35.5. The van der Waals surface area contributed by atoms with Gasteiger partial charge in [0.05, 0.1) is 5.02 Å². The second-order valence-electron chi connectivity index (χ2n) is 4.02. The van der Waals surface area contributed by atoms with Crippen molar-refractivity contribution in [1.29, 1.82) is 0 Å². The quantitative estimate of drug-likeness (QED) is 0.844. The van der Waals surface area contributed by atoms with E-state index in [1.807, 2.05) is 18.2 Å². The van der Waals surface area contributed by atoms with Crippen LogP contribution < -0.4 is 5.32 Å². The van der Waals surface area contributed by atoms with E-state index in [2.05, 4.69) is 22.4 Å². The van der Waals surface area contributed by atoms with Gasteiger partial charge in [-0.3, -0.25) is 4.98 Å². The van der Waals surface area contributed by atoms with E-state index in [-0.39, 0.29) is 0 Å². The SMILES string of the molecule is ClCc1cccc(CNCc2ccncc2Cl)c1. The minimum Gasteiger partial charge on any atom is -0.309 e. The molecular weight excluding hydrogens is 267 g/mol. The van der Waals surface area contributed by atoms with E-state index in [4.69, 9.17) is 23.2 Å². The molecule has 0 aliphatic heterocycles. The van der Waals surface area contributed by atoms with E-state index < -0.39 is 0 Å². The van der Waals surface area contributed by atoms with Crippen LogP contribution >= 0.6 is 23.2 Å². The molecule has 0 atom stereocenters. The summed E-state index contributed by atoms with van der Waals surface area (Å²) in [6, 6.07) is 10.2. The molecule has 0 amide bonds. The summed E-state index contributed by atoms with van der Waals surface area (Å²) in [6.45, 7) is 1.52. The number of hydrogen-bond acceptors (Lipinski definition) is 2. The molecule has 2 rings (SSSR count). The van der Waals surface area contributed by atoms with Crippen LogP contribution in [0.25, 0.3) is 0 Å². The van der Waals surface area contributed by atoms with E-state index in [0.29, 0.717) is 10.9 Å². The lowest BCUT2D eigenvalue weighted by Crippen LogP contribution is -2.13. The van der Waals surface area contributed by atoms with Crippen LogP contribution in [-0.4, -0.2) is 4.98 Å². The van der Waals surface area contributed by atoms with Crippen molar-refractivity contribution in [3.05, 3.63) is 64.4 Å². The highest BCUT2D eigenvalue weighted by Gasteiger charge is 1.99. The third-order valence-electron chi connectivity index (χ3n) is 2.65. The van der Waals surface area contributed by atoms with Crippen LogP contribution in [0.2, 0.25) is 5.02 Å². The molecule has 1 aromatic heterocycles. The van der Waals surface area contributed by atoms with Crippen LogP contribution in [0, 0.1) is 0 Å². The Labute approximate surface area is 117 Å². The summed E-state index contributed by atoms with van der Waals surface area (Å²) in [5.41, 5.74) is 3.41. The Hall–Kier alpha value is -1.09. The largest absolute Gasteiger partial charge is 0.309 e. The molecule has 0 aliphatic carbocycles. The first-order valence-corrected chi connectivity index (χ1v) is 6.63. The lowest BCUT2D eigenvalue weighted by Gasteiger charge is -2.07. The van der Waals surface area contributed by atoms with Crippen LogP contribution in [0.4, 0.5) is 0 Å². The van der Waals surface area contributed by atoms with Crippen LogP contribution in [0.5, 0.6) is 0 Å². The zero-order valence-electron chi connectivity index (χ0n) is 9.87. The summed E-state index contributed by atoms with van der Waals surface area (Å²) in [7, 11) is 0. The number of nitrogens with zero attached hydrogens (tertiary/aromatic N) is 1. The number of aromatic nitrogens is 1. The van der Waals surface area contributed by atoms with Crippen molar-refractivity contribution in [1.82, 2.24) is 10.3 Å². The lowest BCUT2D eigenvalue weighted by molar-refractivity contribution is 0.692. The smallest absolute Gasteiger partial charge is 0.0634 e. The molecule has 2 nitrogen and oxygen atoms in total. The van der Waals surface area contributed by atoms with Crippen molar-refractivity contribution in [2.24, 2.45) is 0 Å². The van der Waals surface area contributed by atoms with Gasteiger partial charge in [-0.25, -0.2) is 0 Å². The second kappa shape index (κ2) is 6.74. The highest BCUT2D eigenvalue weighted by molar-refractivity contribution is 6.31. The van der Waals surface area contributed by atoms with Crippen LogP contribution in [0.3, 0.4) is 0 Å². The molecule has 0 aliphatic rings. The van der Waals surface area contributed by atoms with Gasteiger partial charge in [0.1, 0.15) is 0 Å². The van der Waals surface area contributed by atoms with Gasteiger partial charge in [0.2, 0.25) is 0 Å². The molecule has 94 valence electrons. The van der Waals surface area contributed by atoms with Gasteiger partial charge < -0.3 is 5.32 Å². The fourth-order valence-electron chi connectivity index (χ4n) is 1.71. The molecule has 0 saturated heterocycles. The highest BCUT2D eigenvalue weighted by Crippen LogP contribution is 2.13. The molecule has 1 aromatic carbocycles. The first kappa shape index (κ1) is 13.3. The van der Waals surface area contributed by atoms with Crippen LogP contribution in [0.15, 0.2) is 42.7 Å². The molecule has 2 aromatic rings. The molecule has 1 heterocycles. The Balaban J connectivity index is 1.90. The van der Waals surface area contributed by atoms with E-state index in [1.165, 1.54) is 5.56 Å². The van der Waals surface area contributed by atoms with Gasteiger partial charge >= 0.3 is 0 Å². The molecule has 18 heavy (non-hydrogen) atoms. The predicted molar refractivity (Wildman–Crippen MR) is 75.8 cm³/mol. The number of hydrogen-bond donors (Lipinski definition) is 1. The Bertz CT molecular complexity index is 515. The number of alkyl halides is 1. The number of nitrogens with one attached hydrogen (secondary N) is 1. The molecular formula is C14H14Cl2N2. The first-order chi connectivity index (χ1) is 8.79. The molecule has 0 radical (unpaired) electrons. The van der Waals surface area contributed by atoms with Crippen molar-refractivity contribution < 1.29 is 0 Å². The van der Waals surface area contributed by atoms with Crippen molar-refractivity contribution in [2.75, 3.05) is 0 Å². The summed E-state index contributed by atoms with van der Waals surface area (Å²) in [5, 5.41) is 4.05. The monoisotopic (exact) mass is 280 g/mol. The minimum atomic E-state index is 0.546. The average molecular weight is 281 g/mol.